The molecule has 3 rings (SSSR count). The maximum Gasteiger partial charge on any atom is 0.251 e. The number of nitrogens with one attached hydrogen (secondary N) is 2. The molecule has 2 aromatic carbocycles. The zero-order valence-electron chi connectivity index (χ0n) is 15.0. The van der Waals surface area contributed by atoms with Crippen LogP contribution in [0.4, 0.5) is 11.5 Å². The second-order valence-electron chi connectivity index (χ2n) is 6.09. The van der Waals surface area contributed by atoms with E-state index in [0.717, 1.165) is 17.7 Å². The van der Waals surface area contributed by atoms with Gasteiger partial charge in [0, 0.05) is 29.6 Å². The van der Waals surface area contributed by atoms with Crippen LogP contribution in [0.2, 0.25) is 0 Å². The molecule has 0 unspecified atom stereocenters. The van der Waals surface area contributed by atoms with Crippen LogP contribution in [0.5, 0.6) is 0 Å². The Labute approximate surface area is 153 Å². The van der Waals surface area contributed by atoms with Gasteiger partial charge in [-0.1, -0.05) is 42.8 Å². The fourth-order valence-electron chi connectivity index (χ4n) is 2.50. The summed E-state index contributed by atoms with van der Waals surface area (Å²) in [6.45, 7) is 4.74. The molecule has 0 spiro atoms. The molecule has 2 N–H and O–H groups in total. The summed E-state index contributed by atoms with van der Waals surface area (Å²) in [7, 11) is 0. The van der Waals surface area contributed by atoms with Gasteiger partial charge in [0.05, 0.1) is 0 Å². The van der Waals surface area contributed by atoms with Crippen LogP contribution >= 0.6 is 0 Å². The van der Waals surface area contributed by atoms with E-state index in [4.69, 9.17) is 0 Å². The minimum atomic E-state index is -0.0708. The Morgan fingerprint density at radius 2 is 1.88 bits per heavy atom. The van der Waals surface area contributed by atoms with E-state index in [1.54, 1.807) is 12.3 Å². The molecule has 26 heavy (non-hydrogen) atoms. The molecule has 132 valence electrons. The van der Waals surface area contributed by atoms with E-state index in [0.29, 0.717) is 23.8 Å². The average Bonchev–Trinajstić information content (AvgIpc) is 2.67. The van der Waals surface area contributed by atoms with Crippen LogP contribution in [-0.2, 0) is 0 Å². The smallest absolute Gasteiger partial charge is 0.251 e. The second kappa shape index (κ2) is 8.25. The van der Waals surface area contributed by atoms with E-state index in [2.05, 4.69) is 20.6 Å². The summed E-state index contributed by atoms with van der Waals surface area (Å²) in [5, 5.41) is 6.13. The third-order valence-electron chi connectivity index (χ3n) is 3.90. The van der Waals surface area contributed by atoms with Gasteiger partial charge in [-0.05, 0) is 37.6 Å². The lowest BCUT2D eigenvalue weighted by Crippen LogP contribution is -2.23. The molecule has 0 aliphatic rings. The van der Waals surface area contributed by atoms with Crippen LogP contribution in [0.1, 0.15) is 29.3 Å². The Balaban J connectivity index is 1.78. The normalized spacial score (nSPS) is 10.4. The molecule has 0 saturated carbocycles. The Morgan fingerprint density at radius 3 is 2.65 bits per heavy atom. The van der Waals surface area contributed by atoms with Crippen molar-refractivity contribution in [3.8, 4) is 11.4 Å². The molecular formula is C21H22N4O. The van der Waals surface area contributed by atoms with Gasteiger partial charge >= 0.3 is 0 Å². The van der Waals surface area contributed by atoms with Gasteiger partial charge in [0.15, 0.2) is 5.82 Å². The van der Waals surface area contributed by atoms with E-state index in [9.17, 15) is 4.79 Å². The van der Waals surface area contributed by atoms with Gasteiger partial charge in [0.1, 0.15) is 5.82 Å². The minimum absolute atomic E-state index is 0.0708. The predicted molar refractivity (Wildman–Crippen MR) is 105 cm³/mol. The molecule has 0 radical (unpaired) electrons. The van der Waals surface area contributed by atoms with Gasteiger partial charge in [-0.25, -0.2) is 9.97 Å². The molecule has 0 aliphatic carbocycles. The van der Waals surface area contributed by atoms with Crippen molar-refractivity contribution >= 4 is 17.4 Å². The highest BCUT2D eigenvalue weighted by molar-refractivity contribution is 5.95. The van der Waals surface area contributed by atoms with Gasteiger partial charge in [-0.3, -0.25) is 4.79 Å². The van der Waals surface area contributed by atoms with Gasteiger partial charge in [-0.2, -0.15) is 0 Å². The highest BCUT2D eigenvalue weighted by atomic mass is 16.1. The molecule has 0 saturated heterocycles. The standard InChI is InChI=1S/C21H22N4O/c1-3-12-23-21(26)17-5-4-6-18(14-17)24-19-11-13-22-20(25-19)16-9-7-15(2)8-10-16/h4-11,13-14H,3,12H2,1-2H3,(H,23,26)(H,22,24,25). The van der Waals surface area contributed by atoms with Gasteiger partial charge in [0.25, 0.3) is 5.91 Å². The number of hydrogen-bond acceptors (Lipinski definition) is 4. The highest BCUT2D eigenvalue weighted by Gasteiger charge is 2.07. The largest absolute Gasteiger partial charge is 0.352 e. The first-order valence-corrected chi connectivity index (χ1v) is 8.71. The third-order valence-corrected chi connectivity index (χ3v) is 3.90. The van der Waals surface area contributed by atoms with Gasteiger partial charge in [0.2, 0.25) is 0 Å². The maximum absolute atomic E-state index is 12.1. The number of amides is 1. The molecule has 5 nitrogen and oxygen atoms in total. The summed E-state index contributed by atoms with van der Waals surface area (Å²) >= 11 is 0. The van der Waals surface area contributed by atoms with Crippen LogP contribution in [0.15, 0.2) is 60.8 Å². The van der Waals surface area contributed by atoms with E-state index in [1.165, 1.54) is 5.56 Å². The van der Waals surface area contributed by atoms with Crippen molar-refractivity contribution < 1.29 is 4.79 Å². The minimum Gasteiger partial charge on any atom is -0.352 e. The van der Waals surface area contributed by atoms with Crippen molar-refractivity contribution in [2.75, 3.05) is 11.9 Å². The number of aryl methyl sites for hydroxylation is 1. The first-order valence-electron chi connectivity index (χ1n) is 8.71. The quantitative estimate of drug-likeness (QED) is 0.697. The Morgan fingerprint density at radius 1 is 1.08 bits per heavy atom. The molecular weight excluding hydrogens is 324 g/mol. The molecule has 0 aliphatic heterocycles. The fraction of sp³-hybridized carbons (Fsp3) is 0.190. The number of aromatic nitrogens is 2. The summed E-state index contributed by atoms with van der Waals surface area (Å²) in [5.41, 5.74) is 3.59. The van der Waals surface area contributed by atoms with E-state index < -0.39 is 0 Å². The Kier molecular flexibility index (Phi) is 5.59. The number of carbonyl (C=O) groups excluding carboxylic acids is 1. The van der Waals surface area contributed by atoms with E-state index >= 15 is 0 Å². The Bertz CT molecular complexity index is 891. The number of anilines is 2. The number of hydrogen-bond donors (Lipinski definition) is 2. The van der Waals surface area contributed by atoms with Crippen molar-refractivity contribution in [3.63, 3.8) is 0 Å². The van der Waals surface area contributed by atoms with Crippen molar-refractivity contribution in [3.05, 3.63) is 71.9 Å². The maximum atomic E-state index is 12.1. The summed E-state index contributed by atoms with van der Waals surface area (Å²) < 4.78 is 0. The molecule has 1 amide bonds. The van der Waals surface area contributed by atoms with Crippen LogP contribution < -0.4 is 10.6 Å². The molecule has 0 atom stereocenters. The number of carbonyl (C=O) groups is 1. The van der Waals surface area contributed by atoms with E-state index in [1.807, 2.05) is 62.4 Å². The average molecular weight is 346 g/mol. The fourth-order valence-corrected chi connectivity index (χ4v) is 2.50. The third kappa shape index (κ3) is 4.45. The molecule has 0 fully saturated rings. The summed E-state index contributed by atoms with van der Waals surface area (Å²) in [6, 6.07) is 17.3. The lowest BCUT2D eigenvalue weighted by molar-refractivity contribution is 0.0953. The first kappa shape index (κ1) is 17.6. The van der Waals surface area contributed by atoms with E-state index in [-0.39, 0.29) is 5.91 Å². The second-order valence-corrected chi connectivity index (χ2v) is 6.09. The summed E-state index contributed by atoms with van der Waals surface area (Å²) in [5.74, 6) is 1.27. The van der Waals surface area contributed by atoms with Crippen molar-refractivity contribution in [2.45, 2.75) is 20.3 Å². The summed E-state index contributed by atoms with van der Waals surface area (Å²) in [4.78, 5) is 21.0. The topological polar surface area (TPSA) is 66.9 Å². The molecule has 1 aromatic heterocycles. The van der Waals surface area contributed by atoms with Crippen molar-refractivity contribution in [2.24, 2.45) is 0 Å². The zero-order chi connectivity index (χ0) is 18.4. The van der Waals surface area contributed by atoms with Crippen molar-refractivity contribution in [1.29, 1.82) is 0 Å². The highest BCUT2D eigenvalue weighted by Crippen LogP contribution is 2.20. The SMILES string of the molecule is CCCNC(=O)c1cccc(Nc2ccnc(-c3ccc(C)cc3)n2)c1. The number of nitrogens with zero attached hydrogens (tertiary/aromatic N) is 2. The lowest BCUT2D eigenvalue weighted by atomic mass is 10.1. The molecule has 3 aromatic rings. The van der Waals surface area contributed by atoms with Gasteiger partial charge in [-0.15, -0.1) is 0 Å². The van der Waals surface area contributed by atoms with Gasteiger partial charge < -0.3 is 10.6 Å². The number of rotatable bonds is 6. The molecule has 1 heterocycles. The number of benzene rings is 2. The molecule has 5 heteroatoms. The summed E-state index contributed by atoms with van der Waals surface area (Å²) in [6.07, 6.45) is 2.63. The lowest BCUT2D eigenvalue weighted by Gasteiger charge is -2.09. The monoisotopic (exact) mass is 346 g/mol. The van der Waals surface area contributed by atoms with Crippen LogP contribution in [0.3, 0.4) is 0 Å². The molecule has 0 bridgehead atoms. The van der Waals surface area contributed by atoms with Crippen molar-refractivity contribution in [1.82, 2.24) is 15.3 Å². The Hall–Kier alpha value is -3.21. The van der Waals surface area contributed by atoms with Crippen LogP contribution in [0, 0.1) is 6.92 Å². The van der Waals surface area contributed by atoms with Crippen LogP contribution in [-0.4, -0.2) is 22.4 Å². The first-order chi connectivity index (χ1) is 12.7. The predicted octanol–water partition coefficient (Wildman–Crippen LogP) is 4.34. The van der Waals surface area contributed by atoms with Crippen LogP contribution in [0.25, 0.3) is 11.4 Å². The zero-order valence-corrected chi connectivity index (χ0v) is 15.0.